The largest absolute Gasteiger partial charge is 0.462 e. The van der Waals surface area contributed by atoms with Crippen molar-refractivity contribution in [2.24, 2.45) is 0 Å². The SMILES string of the molecule is CCCCCCCCCCCCSC(CCCCCOC(=O)c1ccccc1)SCCCCCCCCCCCC. The lowest BCUT2D eigenvalue weighted by Gasteiger charge is -2.16. The maximum atomic E-state index is 12.1. The van der Waals surface area contributed by atoms with Crippen molar-refractivity contribution in [3.8, 4) is 0 Å². The van der Waals surface area contributed by atoms with E-state index >= 15 is 0 Å². The third-order valence-electron chi connectivity index (χ3n) is 7.93. The molecule has 1 aromatic rings. The summed E-state index contributed by atoms with van der Waals surface area (Å²) in [5, 5.41) is 0. The highest BCUT2D eigenvalue weighted by Gasteiger charge is 2.10. The lowest BCUT2D eigenvalue weighted by atomic mass is 10.1. The lowest BCUT2D eigenvalue weighted by Crippen LogP contribution is -2.06. The summed E-state index contributed by atoms with van der Waals surface area (Å²) in [6.07, 6.45) is 33.0. The molecular formula is C37H66O2S2. The van der Waals surface area contributed by atoms with Gasteiger partial charge in [-0.15, -0.1) is 23.5 Å². The van der Waals surface area contributed by atoms with Crippen LogP contribution in [0.15, 0.2) is 30.3 Å². The normalized spacial score (nSPS) is 11.4. The van der Waals surface area contributed by atoms with E-state index in [-0.39, 0.29) is 5.97 Å². The number of carbonyl (C=O) groups is 1. The van der Waals surface area contributed by atoms with Gasteiger partial charge in [-0.2, -0.15) is 0 Å². The Hall–Kier alpha value is -0.610. The second-order valence-corrected chi connectivity index (χ2v) is 14.8. The number of benzene rings is 1. The van der Waals surface area contributed by atoms with Gasteiger partial charge in [0, 0.05) is 0 Å². The predicted octanol–water partition coefficient (Wildman–Crippen LogP) is 13.0. The van der Waals surface area contributed by atoms with Crippen molar-refractivity contribution in [3.63, 3.8) is 0 Å². The Morgan fingerprint density at radius 2 is 0.976 bits per heavy atom. The second kappa shape index (κ2) is 30.8. The summed E-state index contributed by atoms with van der Waals surface area (Å²) in [4.78, 5) is 12.1. The van der Waals surface area contributed by atoms with Crippen LogP contribution in [0.5, 0.6) is 0 Å². The average molecular weight is 607 g/mol. The molecule has 2 nitrogen and oxygen atoms in total. The summed E-state index contributed by atoms with van der Waals surface area (Å²) in [5.74, 6) is 2.45. The van der Waals surface area contributed by atoms with Gasteiger partial charge in [-0.3, -0.25) is 0 Å². The maximum Gasteiger partial charge on any atom is 0.338 e. The summed E-state index contributed by atoms with van der Waals surface area (Å²) >= 11 is 4.45. The summed E-state index contributed by atoms with van der Waals surface area (Å²) in [6, 6.07) is 9.35. The molecule has 0 saturated carbocycles. The molecule has 0 aliphatic carbocycles. The first-order valence-corrected chi connectivity index (χ1v) is 19.8. The minimum atomic E-state index is -0.192. The van der Waals surface area contributed by atoms with E-state index in [0.717, 1.165) is 17.4 Å². The number of rotatable bonds is 31. The van der Waals surface area contributed by atoms with Crippen molar-refractivity contribution in [2.75, 3.05) is 18.1 Å². The second-order valence-electron chi connectivity index (χ2n) is 11.9. The van der Waals surface area contributed by atoms with Crippen LogP contribution in [0.2, 0.25) is 0 Å². The Kier molecular flexibility index (Phi) is 28.9. The van der Waals surface area contributed by atoms with Crippen molar-refractivity contribution in [1.29, 1.82) is 0 Å². The molecule has 4 heteroatoms. The van der Waals surface area contributed by atoms with Crippen molar-refractivity contribution in [1.82, 2.24) is 0 Å². The molecule has 0 bridgehead atoms. The van der Waals surface area contributed by atoms with Gasteiger partial charge in [0.2, 0.25) is 0 Å². The number of unbranched alkanes of at least 4 members (excludes halogenated alkanes) is 20. The van der Waals surface area contributed by atoms with E-state index in [1.54, 1.807) is 0 Å². The molecule has 0 saturated heterocycles. The Morgan fingerprint density at radius 3 is 1.44 bits per heavy atom. The monoisotopic (exact) mass is 606 g/mol. The average Bonchev–Trinajstić information content (AvgIpc) is 3.00. The third-order valence-corrected chi connectivity index (χ3v) is 11.0. The van der Waals surface area contributed by atoms with Gasteiger partial charge in [-0.25, -0.2) is 4.79 Å². The minimum Gasteiger partial charge on any atom is -0.462 e. The highest BCUT2D eigenvalue weighted by molar-refractivity contribution is 8.17. The molecule has 238 valence electrons. The van der Waals surface area contributed by atoms with E-state index in [2.05, 4.69) is 37.4 Å². The topological polar surface area (TPSA) is 26.3 Å². The smallest absolute Gasteiger partial charge is 0.338 e. The molecule has 0 amide bonds. The summed E-state index contributed by atoms with van der Waals surface area (Å²) in [5.41, 5.74) is 0.652. The summed E-state index contributed by atoms with van der Waals surface area (Å²) in [7, 11) is 0. The first-order valence-electron chi connectivity index (χ1n) is 17.7. The Labute approximate surface area is 264 Å². The van der Waals surface area contributed by atoms with E-state index in [1.165, 1.54) is 153 Å². The van der Waals surface area contributed by atoms with Crippen LogP contribution in [-0.4, -0.2) is 28.7 Å². The fourth-order valence-electron chi connectivity index (χ4n) is 5.24. The Balaban J connectivity index is 2.15. The quantitative estimate of drug-likeness (QED) is 0.0477. The number of hydrogen-bond acceptors (Lipinski definition) is 4. The molecule has 0 aliphatic rings. The lowest BCUT2D eigenvalue weighted by molar-refractivity contribution is 0.0498. The molecule has 0 N–H and O–H groups in total. The van der Waals surface area contributed by atoms with Crippen LogP contribution in [-0.2, 0) is 4.74 Å². The van der Waals surface area contributed by atoms with E-state index < -0.39 is 0 Å². The zero-order valence-corrected chi connectivity index (χ0v) is 28.8. The Morgan fingerprint density at radius 1 is 0.561 bits per heavy atom. The zero-order valence-electron chi connectivity index (χ0n) is 27.2. The van der Waals surface area contributed by atoms with Gasteiger partial charge in [0.05, 0.1) is 16.8 Å². The molecule has 41 heavy (non-hydrogen) atoms. The first kappa shape index (κ1) is 38.4. The molecular weight excluding hydrogens is 541 g/mol. The zero-order chi connectivity index (χ0) is 29.5. The van der Waals surface area contributed by atoms with Crippen molar-refractivity contribution in [3.05, 3.63) is 35.9 Å². The van der Waals surface area contributed by atoms with Gasteiger partial charge in [0.15, 0.2) is 0 Å². The summed E-state index contributed by atoms with van der Waals surface area (Å²) < 4.78 is 6.21. The number of ether oxygens (including phenoxy) is 1. The van der Waals surface area contributed by atoms with Crippen LogP contribution < -0.4 is 0 Å². The van der Waals surface area contributed by atoms with E-state index in [1.807, 2.05) is 30.3 Å². The molecule has 0 spiro atoms. The van der Waals surface area contributed by atoms with Crippen LogP contribution >= 0.6 is 23.5 Å². The molecule has 0 atom stereocenters. The maximum absolute atomic E-state index is 12.1. The van der Waals surface area contributed by atoms with E-state index in [9.17, 15) is 4.79 Å². The summed E-state index contributed by atoms with van der Waals surface area (Å²) in [6.45, 7) is 5.13. The van der Waals surface area contributed by atoms with Gasteiger partial charge >= 0.3 is 5.97 Å². The van der Waals surface area contributed by atoms with Gasteiger partial charge in [-0.05, 0) is 55.7 Å². The predicted molar refractivity (Wildman–Crippen MR) is 188 cm³/mol. The van der Waals surface area contributed by atoms with Crippen molar-refractivity contribution in [2.45, 2.75) is 173 Å². The van der Waals surface area contributed by atoms with Crippen LogP contribution in [0, 0.1) is 0 Å². The van der Waals surface area contributed by atoms with Crippen LogP contribution in [0.1, 0.15) is 178 Å². The fourth-order valence-corrected chi connectivity index (χ4v) is 8.13. The van der Waals surface area contributed by atoms with Crippen LogP contribution in [0.4, 0.5) is 0 Å². The molecule has 0 heterocycles. The number of hydrogen-bond donors (Lipinski definition) is 0. The van der Waals surface area contributed by atoms with Crippen LogP contribution in [0.25, 0.3) is 0 Å². The fraction of sp³-hybridized carbons (Fsp3) is 0.811. The molecule has 0 unspecified atom stereocenters. The highest BCUT2D eigenvalue weighted by Crippen LogP contribution is 2.31. The molecule has 0 aliphatic heterocycles. The molecule has 1 rings (SSSR count). The molecule has 0 aromatic heterocycles. The highest BCUT2D eigenvalue weighted by atomic mass is 32.2. The van der Waals surface area contributed by atoms with Crippen molar-refractivity contribution >= 4 is 29.5 Å². The Bertz CT molecular complexity index is 640. The minimum absolute atomic E-state index is 0.192. The molecule has 1 aromatic carbocycles. The molecule has 0 radical (unpaired) electrons. The molecule has 0 fully saturated rings. The van der Waals surface area contributed by atoms with Crippen LogP contribution in [0.3, 0.4) is 0 Å². The van der Waals surface area contributed by atoms with E-state index in [0.29, 0.717) is 12.2 Å². The first-order chi connectivity index (χ1) is 20.3. The van der Waals surface area contributed by atoms with Gasteiger partial charge < -0.3 is 4.74 Å². The van der Waals surface area contributed by atoms with Gasteiger partial charge in [-0.1, -0.05) is 154 Å². The van der Waals surface area contributed by atoms with Crippen molar-refractivity contribution < 1.29 is 9.53 Å². The number of carbonyl (C=O) groups excluding carboxylic acids is 1. The standard InChI is InChI=1S/C37H66O2S2/c1-3-5-7-9-11-13-15-17-19-27-33-40-36(41-34-28-20-18-16-14-12-10-8-6-4-2)31-25-22-26-32-39-37(38)35-29-23-21-24-30-35/h21,23-24,29-30,36H,3-20,22,25-28,31-34H2,1-2H3. The van der Waals surface area contributed by atoms with E-state index in [4.69, 9.17) is 4.74 Å². The van der Waals surface area contributed by atoms with Gasteiger partial charge in [0.25, 0.3) is 0 Å². The number of thioether (sulfide) groups is 2. The van der Waals surface area contributed by atoms with Gasteiger partial charge in [0.1, 0.15) is 0 Å². The third kappa shape index (κ3) is 25.6. The number of esters is 1.